The minimum atomic E-state index is -0.277. The van der Waals surface area contributed by atoms with Crippen molar-refractivity contribution in [1.82, 2.24) is 29.9 Å². The zero-order valence-electron chi connectivity index (χ0n) is 23.9. The number of phenols is 2. The lowest BCUT2D eigenvalue weighted by atomic mass is 9.71. The lowest BCUT2D eigenvalue weighted by molar-refractivity contribution is -0.141. The Labute approximate surface area is 240 Å². The van der Waals surface area contributed by atoms with Crippen molar-refractivity contribution in [3.05, 3.63) is 47.5 Å². The molecule has 0 saturated carbocycles. The summed E-state index contributed by atoms with van der Waals surface area (Å²) in [4.78, 5) is 17.5. The number of hydrogen-bond acceptors (Lipinski definition) is 8. The van der Waals surface area contributed by atoms with Crippen LogP contribution in [-0.2, 0) is 11.3 Å². The van der Waals surface area contributed by atoms with Crippen molar-refractivity contribution in [1.29, 1.82) is 0 Å². The molecule has 10 nitrogen and oxygen atoms in total. The number of rotatable bonds is 6. The third-order valence-corrected chi connectivity index (χ3v) is 9.20. The van der Waals surface area contributed by atoms with Crippen LogP contribution in [0, 0.1) is 11.3 Å². The molecule has 10 heteroatoms. The normalized spacial score (nSPS) is 19.5. The average Bonchev–Trinajstić information content (AvgIpc) is 3.33. The summed E-state index contributed by atoms with van der Waals surface area (Å²) in [7, 11) is 0. The number of nitrogens with one attached hydrogen (secondary N) is 1. The molecule has 2 aromatic carbocycles. The predicted octanol–water partition coefficient (Wildman–Crippen LogP) is 3.60. The fraction of sp³-hybridized carbons (Fsp3) is 0.516. The van der Waals surface area contributed by atoms with Gasteiger partial charge in [-0.25, -0.2) is 4.57 Å². The van der Waals surface area contributed by atoms with Gasteiger partial charge >= 0.3 is 6.01 Å². The molecule has 218 valence electrons. The van der Waals surface area contributed by atoms with Crippen LogP contribution in [0.5, 0.6) is 17.5 Å². The molecule has 4 heterocycles. The molecule has 0 aliphatic carbocycles. The second-order valence-electron chi connectivity index (χ2n) is 12.4. The Morgan fingerprint density at radius 3 is 2.34 bits per heavy atom. The van der Waals surface area contributed by atoms with E-state index in [0.29, 0.717) is 34.0 Å². The number of aromatic nitrogens is 3. The Balaban J connectivity index is 1.08. The molecule has 1 amide bonds. The van der Waals surface area contributed by atoms with Crippen LogP contribution in [0.2, 0.25) is 0 Å². The Morgan fingerprint density at radius 2 is 1.68 bits per heavy atom. The first-order valence-corrected chi connectivity index (χ1v) is 14.7. The number of carbonyl (C=O) groups excluding carboxylic acids is 1. The Kier molecular flexibility index (Phi) is 7.37. The standard InChI is InChI=1S/C31H40N6O4/c1-20(2)24-15-25(27(39)16-26(24)38)28-33-34-30(41)37(28)23-5-3-21(4-6-23)17-35-18-31(19-35)9-13-36(14-10-31)29(40)22-7-11-32-12-8-22/h3-6,15-16,20,22,32,38-39H,7-14,17-19H2,1-2H3,(H,34,41). The van der Waals surface area contributed by atoms with Gasteiger partial charge in [0, 0.05) is 44.7 Å². The Hall–Kier alpha value is -3.63. The van der Waals surface area contributed by atoms with Crippen molar-refractivity contribution in [2.45, 2.75) is 52.0 Å². The van der Waals surface area contributed by atoms with Gasteiger partial charge in [0.15, 0.2) is 5.82 Å². The largest absolute Gasteiger partial charge is 0.508 e. The second-order valence-corrected chi connectivity index (χ2v) is 12.4. The van der Waals surface area contributed by atoms with Crippen molar-refractivity contribution in [3.8, 4) is 34.6 Å². The summed E-state index contributed by atoms with van der Waals surface area (Å²) in [5.41, 5.74) is 3.24. The lowest BCUT2D eigenvalue weighted by Crippen LogP contribution is -2.60. The maximum atomic E-state index is 12.9. The number of aromatic hydroxyl groups is 3. The molecular weight excluding hydrogens is 520 g/mol. The SMILES string of the molecule is CC(C)c1cc(-c2nnc(O)n2-c2ccc(CN3CC4(CCN(C(=O)C5CCNCC5)CC4)C3)cc2)c(O)cc1O. The predicted molar refractivity (Wildman–Crippen MR) is 155 cm³/mol. The number of phenolic OH excluding ortho intramolecular Hbond substituents is 2. The minimum Gasteiger partial charge on any atom is -0.508 e. The van der Waals surface area contributed by atoms with Gasteiger partial charge in [-0.3, -0.25) is 9.69 Å². The van der Waals surface area contributed by atoms with E-state index in [9.17, 15) is 20.1 Å². The zero-order chi connectivity index (χ0) is 28.7. The van der Waals surface area contributed by atoms with E-state index < -0.39 is 0 Å². The van der Waals surface area contributed by atoms with Crippen molar-refractivity contribution < 1.29 is 20.1 Å². The van der Waals surface area contributed by atoms with Crippen LogP contribution in [0.4, 0.5) is 0 Å². The first-order chi connectivity index (χ1) is 19.7. The molecule has 3 aromatic rings. The summed E-state index contributed by atoms with van der Waals surface area (Å²) in [6.07, 6.45) is 4.09. The molecule has 1 aromatic heterocycles. The highest BCUT2D eigenvalue weighted by Crippen LogP contribution is 2.42. The molecule has 4 N–H and O–H groups in total. The topological polar surface area (TPSA) is 127 Å². The number of amides is 1. The summed E-state index contributed by atoms with van der Waals surface area (Å²) in [6.45, 7) is 10.5. The molecule has 0 unspecified atom stereocenters. The van der Waals surface area contributed by atoms with Crippen LogP contribution >= 0.6 is 0 Å². The van der Waals surface area contributed by atoms with E-state index in [-0.39, 0.29) is 29.3 Å². The van der Waals surface area contributed by atoms with Gasteiger partial charge in [0.2, 0.25) is 5.91 Å². The molecule has 3 aliphatic rings. The van der Waals surface area contributed by atoms with Gasteiger partial charge in [-0.2, -0.15) is 0 Å². The number of benzene rings is 2. The number of nitrogens with zero attached hydrogens (tertiary/aromatic N) is 5. The van der Waals surface area contributed by atoms with Crippen LogP contribution in [0.15, 0.2) is 36.4 Å². The first kappa shape index (κ1) is 27.5. The Morgan fingerprint density at radius 1 is 1.00 bits per heavy atom. The van der Waals surface area contributed by atoms with Crippen molar-refractivity contribution >= 4 is 5.91 Å². The summed E-state index contributed by atoms with van der Waals surface area (Å²) in [6, 6.07) is 10.6. The van der Waals surface area contributed by atoms with Crippen molar-refractivity contribution in [3.63, 3.8) is 0 Å². The molecule has 3 saturated heterocycles. The van der Waals surface area contributed by atoms with Crippen LogP contribution in [0.25, 0.3) is 17.1 Å². The van der Waals surface area contributed by atoms with Gasteiger partial charge in [-0.1, -0.05) is 31.1 Å². The van der Waals surface area contributed by atoms with Gasteiger partial charge in [-0.05, 0) is 79.4 Å². The molecule has 1 spiro atoms. The lowest BCUT2D eigenvalue weighted by Gasteiger charge is -2.54. The van der Waals surface area contributed by atoms with Gasteiger partial charge in [0.05, 0.1) is 11.3 Å². The molecule has 41 heavy (non-hydrogen) atoms. The van der Waals surface area contributed by atoms with Gasteiger partial charge in [-0.15, -0.1) is 5.10 Å². The quantitative estimate of drug-likeness (QED) is 0.360. The van der Waals surface area contributed by atoms with Crippen LogP contribution in [-0.4, -0.2) is 85.1 Å². The van der Waals surface area contributed by atoms with E-state index in [1.165, 1.54) is 16.2 Å². The smallest absolute Gasteiger partial charge is 0.319 e. The van der Waals surface area contributed by atoms with Crippen LogP contribution in [0.1, 0.15) is 56.6 Å². The molecule has 0 atom stereocenters. The number of hydrogen-bond donors (Lipinski definition) is 4. The Bertz CT molecular complexity index is 1400. The highest BCUT2D eigenvalue weighted by Gasteiger charge is 2.45. The van der Waals surface area contributed by atoms with Gasteiger partial charge in [0.1, 0.15) is 11.5 Å². The summed E-state index contributed by atoms with van der Waals surface area (Å²) < 4.78 is 1.50. The third kappa shape index (κ3) is 5.38. The third-order valence-electron chi connectivity index (χ3n) is 9.20. The maximum absolute atomic E-state index is 12.9. The average molecular weight is 561 g/mol. The molecule has 3 aliphatic heterocycles. The van der Waals surface area contributed by atoms with Crippen LogP contribution < -0.4 is 5.32 Å². The number of carbonyl (C=O) groups is 1. The van der Waals surface area contributed by atoms with Crippen molar-refractivity contribution in [2.75, 3.05) is 39.3 Å². The first-order valence-electron chi connectivity index (χ1n) is 14.7. The van der Waals surface area contributed by atoms with E-state index in [1.54, 1.807) is 6.07 Å². The van der Waals surface area contributed by atoms with Gasteiger partial charge < -0.3 is 25.5 Å². The fourth-order valence-electron chi connectivity index (χ4n) is 6.79. The number of likely N-dealkylation sites (tertiary alicyclic amines) is 2. The maximum Gasteiger partial charge on any atom is 0.319 e. The van der Waals surface area contributed by atoms with Crippen molar-refractivity contribution in [2.24, 2.45) is 11.3 Å². The van der Waals surface area contributed by atoms with E-state index in [4.69, 9.17) is 0 Å². The molecule has 6 rings (SSSR count). The summed E-state index contributed by atoms with van der Waals surface area (Å²) in [5, 5.41) is 42.7. The second kappa shape index (κ2) is 11.0. The van der Waals surface area contributed by atoms with Gasteiger partial charge in [0.25, 0.3) is 0 Å². The van der Waals surface area contributed by atoms with E-state index in [0.717, 1.165) is 71.5 Å². The monoisotopic (exact) mass is 560 g/mol. The summed E-state index contributed by atoms with van der Waals surface area (Å²) in [5.74, 6) is 0.778. The van der Waals surface area contributed by atoms with E-state index in [1.807, 2.05) is 38.1 Å². The fourth-order valence-corrected chi connectivity index (χ4v) is 6.79. The van der Waals surface area contributed by atoms with E-state index >= 15 is 0 Å². The van der Waals surface area contributed by atoms with Crippen LogP contribution in [0.3, 0.4) is 0 Å². The zero-order valence-corrected chi connectivity index (χ0v) is 23.9. The summed E-state index contributed by atoms with van der Waals surface area (Å²) >= 11 is 0. The highest BCUT2D eigenvalue weighted by molar-refractivity contribution is 5.79. The molecular formula is C31H40N6O4. The minimum absolute atomic E-state index is 0.0184. The molecule has 0 bridgehead atoms. The number of piperidine rings is 2. The molecule has 3 fully saturated rings. The highest BCUT2D eigenvalue weighted by atomic mass is 16.3. The van der Waals surface area contributed by atoms with E-state index in [2.05, 4.69) is 25.3 Å². The molecule has 0 radical (unpaired) electrons.